The van der Waals surface area contributed by atoms with Gasteiger partial charge < -0.3 is 24.3 Å². The van der Waals surface area contributed by atoms with Crippen LogP contribution in [0.4, 0.5) is 0 Å². The average Bonchev–Trinajstić information content (AvgIpc) is 2.83. The Morgan fingerprint density at radius 2 is 1.35 bits per heavy atom. The number of nitrogens with one attached hydrogen (secondary N) is 1. The van der Waals surface area contributed by atoms with Crippen LogP contribution in [-0.4, -0.2) is 90.0 Å². The summed E-state index contributed by atoms with van der Waals surface area (Å²) < 4.78 is 20.8. The van der Waals surface area contributed by atoms with E-state index in [1.54, 1.807) is 0 Å². The third-order valence-electron chi connectivity index (χ3n) is 6.12. The van der Waals surface area contributed by atoms with Crippen LogP contribution < -0.4 is 5.32 Å². The molecule has 0 amide bonds. The lowest BCUT2D eigenvalue weighted by molar-refractivity contribution is -0.0887. The molecule has 0 aliphatic carbocycles. The molecule has 0 aromatic rings. The van der Waals surface area contributed by atoms with Crippen molar-refractivity contribution in [2.24, 2.45) is 11.8 Å². The first kappa shape index (κ1) is 28.8. The van der Waals surface area contributed by atoms with Crippen molar-refractivity contribution in [2.45, 2.75) is 72.3 Å². The van der Waals surface area contributed by atoms with Crippen molar-refractivity contribution in [2.75, 3.05) is 79.0 Å². The molecule has 6 nitrogen and oxygen atoms in total. The highest BCUT2D eigenvalue weighted by atomic mass is 16.6. The summed E-state index contributed by atoms with van der Waals surface area (Å²) in [5.74, 6) is 1.88. The van der Waals surface area contributed by atoms with E-state index in [0.717, 1.165) is 77.6 Å². The van der Waals surface area contributed by atoms with E-state index in [2.05, 4.69) is 37.9 Å². The number of ether oxygens (including phenoxy) is 4. The van der Waals surface area contributed by atoms with Crippen molar-refractivity contribution in [1.29, 1.82) is 0 Å². The van der Waals surface area contributed by atoms with E-state index in [-0.39, 0.29) is 0 Å². The number of morpholine rings is 1. The maximum atomic E-state index is 5.30. The molecule has 4 fully saturated rings. The summed E-state index contributed by atoms with van der Waals surface area (Å²) in [5, 5.41) is 3.32. The lowest BCUT2D eigenvalue weighted by Gasteiger charge is -2.25. The van der Waals surface area contributed by atoms with Gasteiger partial charge in [-0.05, 0) is 70.0 Å². The molecule has 0 aromatic heterocycles. The molecule has 4 aliphatic rings. The van der Waals surface area contributed by atoms with Gasteiger partial charge in [-0.2, -0.15) is 0 Å². The van der Waals surface area contributed by atoms with Crippen molar-refractivity contribution in [1.82, 2.24) is 10.2 Å². The van der Waals surface area contributed by atoms with Gasteiger partial charge in [0.05, 0.1) is 39.1 Å². The summed E-state index contributed by atoms with van der Waals surface area (Å²) in [6.07, 6.45) is 7.98. The van der Waals surface area contributed by atoms with Crippen LogP contribution in [0.25, 0.3) is 0 Å². The number of nitrogens with zero attached hydrogens (tertiary/aromatic N) is 1. The third-order valence-corrected chi connectivity index (χ3v) is 6.12. The van der Waals surface area contributed by atoms with Crippen LogP contribution in [0, 0.1) is 11.8 Å². The van der Waals surface area contributed by atoms with Crippen LogP contribution in [0.5, 0.6) is 0 Å². The molecular weight excluding hydrogens is 392 g/mol. The predicted molar refractivity (Wildman–Crippen MR) is 129 cm³/mol. The molecule has 4 heterocycles. The second-order valence-corrected chi connectivity index (χ2v) is 9.16. The smallest absolute Gasteiger partial charge is 0.0807 e. The Bertz CT molecular complexity index is 344. The molecule has 0 saturated carbocycles. The molecule has 1 atom stereocenters. The Labute approximate surface area is 192 Å². The largest absolute Gasteiger partial charge is 0.381 e. The van der Waals surface area contributed by atoms with Crippen molar-refractivity contribution >= 4 is 0 Å². The molecule has 4 saturated heterocycles. The van der Waals surface area contributed by atoms with E-state index in [4.69, 9.17) is 18.9 Å². The zero-order valence-electron chi connectivity index (χ0n) is 21.0. The van der Waals surface area contributed by atoms with E-state index in [0.29, 0.717) is 6.10 Å². The first-order chi connectivity index (χ1) is 15.2. The quantitative estimate of drug-likeness (QED) is 0.711. The Morgan fingerprint density at radius 3 is 1.74 bits per heavy atom. The van der Waals surface area contributed by atoms with Gasteiger partial charge >= 0.3 is 0 Å². The van der Waals surface area contributed by atoms with Crippen molar-refractivity contribution in [3.8, 4) is 0 Å². The Hall–Kier alpha value is -0.240. The van der Waals surface area contributed by atoms with Crippen LogP contribution >= 0.6 is 0 Å². The van der Waals surface area contributed by atoms with Crippen LogP contribution in [0.1, 0.15) is 66.2 Å². The van der Waals surface area contributed by atoms with Gasteiger partial charge in [-0.15, -0.1) is 0 Å². The molecule has 4 aliphatic heterocycles. The summed E-state index contributed by atoms with van der Waals surface area (Å²) in [6.45, 7) is 21.1. The van der Waals surface area contributed by atoms with Gasteiger partial charge in [-0.1, -0.05) is 27.7 Å². The van der Waals surface area contributed by atoms with Crippen LogP contribution in [-0.2, 0) is 18.9 Å². The minimum atomic E-state index is 0.365. The zero-order chi connectivity index (χ0) is 22.6. The number of piperidine rings is 1. The van der Waals surface area contributed by atoms with Gasteiger partial charge in [0.2, 0.25) is 0 Å². The van der Waals surface area contributed by atoms with E-state index in [1.165, 1.54) is 51.7 Å². The first-order valence-electron chi connectivity index (χ1n) is 12.9. The van der Waals surface area contributed by atoms with Crippen molar-refractivity contribution in [3.63, 3.8) is 0 Å². The average molecular weight is 445 g/mol. The van der Waals surface area contributed by atoms with Gasteiger partial charge in [-0.25, -0.2) is 0 Å². The Morgan fingerprint density at radius 1 is 0.742 bits per heavy atom. The Kier molecular flexibility index (Phi) is 18.9. The maximum absolute atomic E-state index is 5.30. The minimum absolute atomic E-state index is 0.365. The SMILES string of the molecule is CC1CCNCC1.CC1CCOCC1.CCC1COCCO1.CCCN1CCOCC1. The predicted octanol–water partition coefficient (Wildman–Crippen LogP) is 3.98. The van der Waals surface area contributed by atoms with Gasteiger partial charge in [0, 0.05) is 26.3 Å². The number of hydrogen-bond donors (Lipinski definition) is 1. The molecule has 0 aromatic carbocycles. The van der Waals surface area contributed by atoms with Gasteiger partial charge in [0.25, 0.3) is 0 Å². The lowest BCUT2D eigenvalue weighted by Crippen LogP contribution is -2.36. The summed E-state index contributed by atoms with van der Waals surface area (Å²) >= 11 is 0. The molecule has 1 N–H and O–H groups in total. The molecule has 1 unspecified atom stereocenters. The van der Waals surface area contributed by atoms with Crippen LogP contribution in [0.3, 0.4) is 0 Å². The number of rotatable bonds is 3. The van der Waals surface area contributed by atoms with Gasteiger partial charge in [-0.3, -0.25) is 4.90 Å². The van der Waals surface area contributed by atoms with Crippen LogP contribution in [0.2, 0.25) is 0 Å². The topological polar surface area (TPSA) is 52.2 Å². The minimum Gasteiger partial charge on any atom is -0.381 e. The fourth-order valence-corrected chi connectivity index (χ4v) is 3.69. The van der Waals surface area contributed by atoms with E-state index < -0.39 is 0 Å². The van der Waals surface area contributed by atoms with Crippen molar-refractivity contribution < 1.29 is 18.9 Å². The molecule has 4 rings (SSSR count). The highest BCUT2D eigenvalue weighted by molar-refractivity contribution is 4.63. The Balaban J connectivity index is 0.000000208. The maximum Gasteiger partial charge on any atom is 0.0807 e. The van der Waals surface area contributed by atoms with E-state index in [9.17, 15) is 0 Å². The molecule has 6 heteroatoms. The zero-order valence-corrected chi connectivity index (χ0v) is 21.0. The monoisotopic (exact) mass is 444 g/mol. The summed E-state index contributed by atoms with van der Waals surface area (Å²) in [7, 11) is 0. The van der Waals surface area contributed by atoms with Crippen molar-refractivity contribution in [3.05, 3.63) is 0 Å². The van der Waals surface area contributed by atoms with Gasteiger partial charge in [0.1, 0.15) is 0 Å². The second kappa shape index (κ2) is 20.4. The summed E-state index contributed by atoms with van der Waals surface area (Å²) in [5.41, 5.74) is 0. The third kappa shape index (κ3) is 17.0. The standard InChI is InChI=1S/C7H15NO.C6H13N.C6H12O2.C6H12O/c1-2-3-8-4-6-9-7-5-8;1-6-2-4-7-5-3-6;1-2-6-5-7-3-4-8-6;1-6-2-4-7-5-3-6/h2-7H2,1H3;6-7H,2-5H2,1H3;6H,2-5H2,1H3;6H,2-5H2,1H3. The molecule has 0 spiro atoms. The van der Waals surface area contributed by atoms with Gasteiger partial charge in [0.15, 0.2) is 0 Å². The molecule has 0 bridgehead atoms. The molecule has 0 radical (unpaired) electrons. The summed E-state index contributed by atoms with van der Waals surface area (Å²) in [6, 6.07) is 0. The first-order valence-corrected chi connectivity index (χ1v) is 12.9. The summed E-state index contributed by atoms with van der Waals surface area (Å²) in [4.78, 5) is 2.45. The molecular formula is C25H52N2O4. The fraction of sp³-hybridized carbons (Fsp3) is 1.00. The highest BCUT2D eigenvalue weighted by Crippen LogP contribution is 2.12. The molecule has 31 heavy (non-hydrogen) atoms. The highest BCUT2D eigenvalue weighted by Gasteiger charge is 2.10. The van der Waals surface area contributed by atoms with E-state index in [1.807, 2.05) is 0 Å². The van der Waals surface area contributed by atoms with Crippen LogP contribution in [0.15, 0.2) is 0 Å². The second-order valence-electron chi connectivity index (χ2n) is 9.16. The lowest BCUT2D eigenvalue weighted by atomic mass is 10.0. The normalized spacial score (nSPS) is 25.7. The van der Waals surface area contributed by atoms with E-state index >= 15 is 0 Å². The number of hydrogen-bond acceptors (Lipinski definition) is 6. The molecule has 186 valence electrons. The fourth-order valence-electron chi connectivity index (χ4n) is 3.69.